The summed E-state index contributed by atoms with van der Waals surface area (Å²) in [6.07, 6.45) is -2.89. The van der Waals surface area contributed by atoms with Crippen LogP contribution >= 0.6 is 0 Å². The number of furan rings is 1. The highest BCUT2D eigenvalue weighted by atomic mass is 19.3. The molecule has 5 heteroatoms. The van der Waals surface area contributed by atoms with Gasteiger partial charge in [-0.1, -0.05) is 0 Å². The molecule has 0 atom stereocenters. The van der Waals surface area contributed by atoms with Crippen LogP contribution in [-0.2, 0) is 0 Å². The number of aromatic carboxylic acids is 1. The van der Waals surface area contributed by atoms with Crippen LogP contribution in [0.2, 0.25) is 0 Å². The molecule has 0 amide bonds. The second kappa shape index (κ2) is 3.16. The first-order chi connectivity index (χ1) is 5.95. The molecular weight excluding hydrogens is 182 g/mol. The third-order valence-corrected chi connectivity index (χ3v) is 1.82. The molecule has 1 heterocycles. The molecule has 0 spiro atoms. The highest BCUT2D eigenvalue weighted by molar-refractivity contribution is 5.90. The Morgan fingerprint density at radius 3 is 2.31 bits per heavy atom. The van der Waals surface area contributed by atoms with E-state index in [2.05, 4.69) is 4.42 Å². The maximum absolute atomic E-state index is 12.2. The molecule has 1 aromatic heterocycles. The number of carboxylic acids is 1. The van der Waals surface area contributed by atoms with E-state index in [0.29, 0.717) is 0 Å². The van der Waals surface area contributed by atoms with Crippen molar-refractivity contribution < 1.29 is 23.1 Å². The van der Waals surface area contributed by atoms with E-state index in [9.17, 15) is 13.6 Å². The number of carboxylic acid groups (broad SMARTS) is 1. The first-order valence-corrected chi connectivity index (χ1v) is 3.56. The van der Waals surface area contributed by atoms with Gasteiger partial charge < -0.3 is 9.52 Å². The van der Waals surface area contributed by atoms with E-state index in [1.807, 2.05) is 0 Å². The summed E-state index contributed by atoms with van der Waals surface area (Å²) in [5.41, 5.74) is -0.171. The van der Waals surface area contributed by atoms with Crippen LogP contribution in [0.25, 0.3) is 0 Å². The molecule has 1 aromatic rings. The van der Waals surface area contributed by atoms with Crippen LogP contribution in [0.1, 0.15) is 33.9 Å². The molecule has 1 N–H and O–H groups in total. The predicted octanol–water partition coefficient (Wildman–Crippen LogP) is 2.53. The lowest BCUT2D eigenvalue weighted by Gasteiger charge is -1.95. The molecule has 0 aliphatic heterocycles. The van der Waals surface area contributed by atoms with E-state index in [-0.39, 0.29) is 11.3 Å². The summed E-state index contributed by atoms with van der Waals surface area (Å²) in [5.74, 6) is -1.93. The second-order valence-electron chi connectivity index (χ2n) is 2.63. The minimum Gasteiger partial charge on any atom is -0.478 e. The van der Waals surface area contributed by atoms with Gasteiger partial charge in [0.2, 0.25) is 0 Å². The summed E-state index contributed by atoms with van der Waals surface area (Å²) in [7, 11) is 0. The quantitative estimate of drug-likeness (QED) is 0.779. The minimum absolute atomic E-state index is 0.215. The Morgan fingerprint density at radius 2 is 2.00 bits per heavy atom. The molecule has 0 radical (unpaired) electrons. The molecule has 0 bridgehead atoms. The smallest absolute Gasteiger partial charge is 0.339 e. The molecule has 0 aromatic carbocycles. The van der Waals surface area contributed by atoms with Gasteiger partial charge in [-0.2, -0.15) is 0 Å². The first kappa shape index (κ1) is 9.70. The van der Waals surface area contributed by atoms with Gasteiger partial charge in [-0.05, 0) is 13.8 Å². The van der Waals surface area contributed by atoms with Crippen LogP contribution < -0.4 is 0 Å². The summed E-state index contributed by atoms with van der Waals surface area (Å²) >= 11 is 0. The van der Waals surface area contributed by atoms with Crippen LogP contribution in [0.5, 0.6) is 0 Å². The van der Waals surface area contributed by atoms with Crippen molar-refractivity contribution in [1.82, 2.24) is 0 Å². The van der Waals surface area contributed by atoms with Crippen LogP contribution in [0, 0.1) is 13.8 Å². The third kappa shape index (κ3) is 1.54. The largest absolute Gasteiger partial charge is 0.478 e. The van der Waals surface area contributed by atoms with E-state index in [4.69, 9.17) is 5.11 Å². The standard InChI is InChI=1S/C8H8F2O3/c1-3-4(2)13-6(7(9)10)5(3)8(11)12/h7H,1-2H3,(H,11,12). The number of hydrogen-bond donors (Lipinski definition) is 1. The molecule has 72 valence electrons. The van der Waals surface area contributed by atoms with Crippen molar-refractivity contribution in [3.8, 4) is 0 Å². The van der Waals surface area contributed by atoms with E-state index in [1.54, 1.807) is 0 Å². The van der Waals surface area contributed by atoms with E-state index in [1.165, 1.54) is 13.8 Å². The number of aryl methyl sites for hydroxylation is 1. The fourth-order valence-electron chi connectivity index (χ4n) is 1.07. The number of carbonyl (C=O) groups is 1. The molecule has 0 saturated carbocycles. The molecule has 0 saturated heterocycles. The summed E-state index contributed by atoms with van der Waals surface area (Å²) < 4.78 is 29.1. The highest BCUT2D eigenvalue weighted by Gasteiger charge is 2.26. The van der Waals surface area contributed by atoms with Crippen LogP contribution in [-0.4, -0.2) is 11.1 Å². The Kier molecular flexibility index (Phi) is 2.36. The summed E-state index contributed by atoms with van der Waals surface area (Å²) in [6, 6.07) is 0. The van der Waals surface area contributed by atoms with Crippen molar-refractivity contribution in [2.24, 2.45) is 0 Å². The van der Waals surface area contributed by atoms with E-state index >= 15 is 0 Å². The van der Waals surface area contributed by atoms with Crippen LogP contribution in [0.15, 0.2) is 4.42 Å². The first-order valence-electron chi connectivity index (χ1n) is 3.56. The average Bonchev–Trinajstić information content (AvgIpc) is 2.28. The van der Waals surface area contributed by atoms with Gasteiger partial charge in [0.15, 0.2) is 5.76 Å². The number of rotatable bonds is 2. The Hall–Kier alpha value is -1.39. The monoisotopic (exact) mass is 190 g/mol. The molecular formula is C8H8F2O3. The fraction of sp³-hybridized carbons (Fsp3) is 0.375. The second-order valence-corrected chi connectivity index (χ2v) is 2.63. The normalized spacial score (nSPS) is 10.8. The van der Waals surface area contributed by atoms with Crippen molar-refractivity contribution in [3.05, 3.63) is 22.6 Å². The molecule has 1 rings (SSSR count). The summed E-state index contributed by atoms with van der Waals surface area (Å²) in [4.78, 5) is 10.6. The zero-order chi connectivity index (χ0) is 10.2. The SMILES string of the molecule is Cc1oc(C(F)F)c(C(=O)O)c1C. The molecule has 0 aliphatic carbocycles. The minimum atomic E-state index is -2.89. The third-order valence-electron chi connectivity index (χ3n) is 1.82. The topological polar surface area (TPSA) is 50.4 Å². The van der Waals surface area contributed by atoms with Gasteiger partial charge >= 0.3 is 5.97 Å². The number of alkyl halides is 2. The molecule has 0 fully saturated rings. The van der Waals surface area contributed by atoms with Crippen molar-refractivity contribution in [3.63, 3.8) is 0 Å². The van der Waals surface area contributed by atoms with Gasteiger partial charge in [-0.15, -0.1) is 0 Å². The zero-order valence-corrected chi connectivity index (χ0v) is 7.10. The van der Waals surface area contributed by atoms with E-state index in [0.717, 1.165) is 0 Å². The van der Waals surface area contributed by atoms with Crippen molar-refractivity contribution in [1.29, 1.82) is 0 Å². The fourth-order valence-corrected chi connectivity index (χ4v) is 1.07. The highest BCUT2D eigenvalue weighted by Crippen LogP contribution is 2.29. The van der Waals surface area contributed by atoms with Crippen LogP contribution in [0.4, 0.5) is 8.78 Å². The van der Waals surface area contributed by atoms with Gasteiger partial charge in [0.1, 0.15) is 11.3 Å². The van der Waals surface area contributed by atoms with Crippen molar-refractivity contribution >= 4 is 5.97 Å². The zero-order valence-electron chi connectivity index (χ0n) is 7.10. The van der Waals surface area contributed by atoms with Crippen molar-refractivity contribution in [2.75, 3.05) is 0 Å². The van der Waals surface area contributed by atoms with Crippen LogP contribution in [0.3, 0.4) is 0 Å². The van der Waals surface area contributed by atoms with E-state index < -0.39 is 23.7 Å². The summed E-state index contributed by atoms with van der Waals surface area (Å²) in [5, 5.41) is 8.62. The maximum atomic E-state index is 12.2. The average molecular weight is 190 g/mol. The lowest BCUT2D eigenvalue weighted by atomic mass is 10.1. The Balaban J connectivity index is 3.35. The lowest BCUT2D eigenvalue weighted by Crippen LogP contribution is -2.01. The van der Waals surface area contributed by atoms with Gasteiger partial charge in [0.25, 0.3) is 6.43 Å². The van der Waals surface area contributed by atoms with Gasteiger partial charge in [0.05, 0.1) is 0 Å². The summed E-state index contributed by atoms with van der Waals surface area (Å²) in [6.45, 7) is 2.89. The molecule has 0 aliphatic rings. The van der Waals surface area contributed by atoms with Gasteiger partial charge in [-0.25, -0.2) is 13.6 Å². The molecule has 0 unspecified atom stereocenters. The Labute approximate surface area is 73.0 Å². The number of hydrogen-bond acceptors (Lipinski definition) is 2. The van der Waals surface area contributed by atoms with Crippen molar-refractivity contribution in [2.45, 2.75) is 20.3 Å². The molecule has 13 heavy (non-hydrogen) atoms. The van der Waals surface area contributed by atoms with Gasteiger partial charge in [0, 0.05) is 5.56 Å². The number of halogens is 2. The Morgan fingerprint density at radius 1 is 1.46 bits per heavy atom. The predicted molar refractivity (Wildman–Crippen MR) is 40.1 cm³/mol. The Bertz CT molecular complexity index is 341. The maximum Gasteiger partial charge on any atom is 0.339 e. The lowest BCUT2D eigenvalue weighted by molar-refractivity contribution is 0.0672. The van der Waals surface area contributed by atoms with Gasteiger partial charge in [-0.3, -0.25) is 0 Å². The molecule has 3 nitrogen and oxygen atoms in total.